The Morgan fingerprint density at radius 3 is 2.09 bits per heavy atom. The van der Waals surface area contributed by atoms with Gasteiger partial charge >= 0.3 is 171 Å². The van der Waals surface area contributed by atoms with Crippen LogP contribution in [0.3, 0.4) is 0 Å². The van der Waals surface area contributed by atoms with Crippen molar-refractivity contribution in [3.05, 3.63) is 120 Å². The van der Waals surface area contributed by atoms with Gasteiger partial charge in [0, 0.05) is 26.2 Å². The number of allylic oxidation sites excluding steroid dienone is 2. The zero-order valence-electron chi connectivity index (χ0n) is 29.3. The van der Waals surface area contributed by atoms with Crippen LogP contribution in [0, 0.1) is 6.07 Å². The first-order valence-corrected chi connectivity index (χ1v) is 23.4. The number of pyridine rings is 1. The smallest absolute Gasteiger partial charge is 0.118 e. The third kappa shape index (κ3) is 7.56. The number of hydrogen-bond acceptors (Lipinski definition) is 3. The minimum absolute atomic E-state index is 0. The molecule has 0 saturated carbocycles. The van der Waals surface area contributed by atoms with E-state index in [2.05, 4.69) is 137 Å². The van der Waals surface area contributed by atoms with Crippen molar-refractivity contribution in [1.82, 2.24) is 4.98 Å². The number of carbonyl (C=O) groups excluding carboxylic acids is 1. The van der Waals surface area contributed by atoms with Gasteiger partial charge in [-0.25, -0.2) is 0 Å². The van der Waals surface area contributed by atoms with Crippen molar-refractivity contribution in [2.24, 2.45) is 0 Å². The van der Waals surface area contributed by atoms with Gasteiger partial charge in [-0.2, -0.15) is 0 Å². The Bertz CT molecular complexity index is 1970. The molecule has 5 aromatic rings. The quantitative estimate of drug-likeness (QED) is 0.0848. The van der Waals surface area contributed by atoms with Crippen molar-refractivity contribution in [2.75, 3.05) is 0 Å². The van der Waals surface area contributed by atoms with Gasteiger partial charge in [-0.3, -0.25) is 4.79 Å². The van der Waals surface area contributed by atoms with Crippen molar-refractivity contribution in [1.29, 1.82) is 0 Å². The number of carbonyl (C=O) groups is 1. The second kappa shape index (κ2) is 13.7. The SMILES string of the molecule is CC(=O)/C=C(/C)O.CC(C)(C)c1cc(-c2nccc3c2C(C)(C)c2cc(-c4cc[c]([Ge]([CH3])([CH3])[CH3])cc4)ccc2-3)[c-]c2ccccc12.[Ir]. The number of fused-ring (bicyclic) bond motifs is 4. The topological polar surface area (TPSA) is 50.2 Å². The molecule has 245 valence electrons. The summed E-state index contributed by atoms with van der Waals surface area (Å²) in [5, 5.41) is 10.8. The average Bonchev–Trinajstić information content (AvgIpc) is 3.21. The van der Waals surface area contributed by atoms with Crippen LogP contribution in [0.1, 0.15) is 65.2 Å². The fraction of sp³-hybridized carbons (Fsp3) is 0.286. The number of aromatic nitrogens is 1. The number of nitrogens with zero attached hydrogens (tertiary/aromatic N) is 1. The van der Waals surface area contributed by atoms with Crippen LogP contribution in [0.5, 0.6) is 0 Å². The van der Waals surface area contributed by atoms with Crippen molar-refractivity contribution in [2.45, 2.75) is 76.6 Å². The number of rotatable bonds is 4. The van der Waals surface area contributed by atoms with E-state index in [1.807, 2.05) is 6.20 Å². The molecule has 1 N–H and O–H groups in total. The summed E-state index contributed by atoms with van der Waals surface area (Å²) in [7, 11) is 0. The summed E-state index contributed by atoms with van der Waals surface area (Å²) in [5.74, 6) is 7.29. The second-order valence-electron chi connectivity index (χ2n) is 15.1. The second-order valence-corrected chi connectivity index (χ2v) is 25.7. The molecule has 5 heteroatoms. The molecule has 0 atom stereocenters. The van der Waals surface area contributed by atoms with Gasteiger partial charge in [0.25, 0.3) is 0 Å². The molecule has 4 aromatic carbocycles. The molecule has 0 amide bonds. The van der Waals surface area contributed by atoms with Gasteiger partial charge in [-0.1, -0.05) is 44.4 Å². The van der Waals surface area contributed by atoms with E-state index in [0.717, 1.165) is 16.6 Å². The fourth-order valence-electron chi connectivity index (χ4n) is 6.57. The Morgan fingerprint density at radius 2 is 1.51 bits per heavy atom. The van der Waals surface area contributed by atoms with E-state index in [-0.39, 0.29) is 42.5 Å². The van der Waals surface area contributed by atoms with Crippen molar-refractivity contribution >= 4 is 34.2 Å². The van der Waals surface area contributed by atoms with E-state index in [4.69, 9.17) is 10.1 Å². The molecule has 47 heavy (non-hydrogen) atoms. The summed E-state index contributed by atoms with van der Waals surface area (Å²) in [6.07, 6.45) is 3.14. The van der Waals surface area contributed by atoms with Crippen LogP contribution in [0.4, 0.5) is 0 Å². The van der Waals surface area contributed by atoms with Gasteiger partial charge < -0.3 is 5.11 Å². The molecule has 3 nitrogen and oxygen atoms in total. The van der Waals surface area contributed by atoms with Crippen molar-refractivity contribution in [3.8, 4) is 33.5 Å². The Morgan fingerprint density at radius 1 is 0.872 bits per heavy atom. The van der Waals surface area contributed by atoms with Crippen LogP contribution < -0.4 is 4.40 Å². The minimum Gasteiger partial charge on any atom is -0.118 e. The molecule has 0 spiro atoms. The fourth-order valence-corrected chi connectivity index (χ4v) is 9.02. The normalized spacial score (nSPS) is 13.6. The molecule has 0 bridgehead atoms. The van der Waals surface area contributed by atoms with Crippen LogP contribution >= 0.6 is 0 Å². The molecule has 1 aliphatic carbocycles. The van der Waals surface area contributed by atoms with Crippen LogP contribution in [0.2, 0.25) is 17.3 Å². The molecular weight excluding hydrogens is 815 g/mol. The summed E-state index contributed by atoms with van der Waals surface area (Å²) in [4.78, 5) is 15.0. The molecule has 0 saturated heterocycles. The van der Waals surface area contributed by atoms with E-state index >= 15 is 0 Å². The van der Waals surface area contributed by atoms with Crippen LogP contribution in [0.15, 0.2) is 96.9 Å². The Kier molecular flexibility index (Phi) is 10.6. The molecule has 1 aliphatic rings. The van der Waals surface area contributed by atoms with E-state index < -0.39 is 13.3 Å². The van der Waals surface area contributed by atoms with Crippen LogP contribution in [-0.2, 0) is 35.7 Å². The standard InChI is InChI=1S/C37H38GeN.C5H8O2.Ir/c1-36(2,3)32-23-27(21-26-11-9-10-12-29(26)32)35-34-31(19-20-39-35)30-18-15-25(22-33(30)37(34,4)5)24-13-16-28(17-14-24)38(6,7)8;1-4(6)3-5(2)7;/h9-20,22-23H,1-8H3;3,6H,1-2H3;/q-1;;/b;4-3-;. The molecular formula is C42H46GeIrNO2-. The third-order valence-electron chi connectivity index (χ3n) is 8.89. The Labute approximate surface area is 297 Å². The van der Waals surface area contributed by atoms with Gasteiger partial charge in [0.15, 0.2) is 5.78 Å². The molecule has 0 unspecified atom stereocenters. The third-order valence-corrected chi connectivity index (χ3v) is 13.2. The molecule has 0 fully saturated rings. The predicted octanol–water partition coefficient (Wildman–Crippen LogP) is 10.6. The number of aliphatic hydroxyl groups is 1. The zero-order chi connectivity index (χ0) is 33.6. The maximum atomic E-state index is 10.0. The molecule has 1 radical (unpaired) electrons. The van der Waals surface area contributed by atoms with Crippen molar-refractivity contribution < 1.29 is 30.0 Å². The average molecular weight is 862 g/mol. The summed E-state index contributed by atoms with van der Waals surface area (Å²) in [6.45, 7) is 14.4. The molecule has 0 aliphatic heterocycles. The molecule has 1 heterocycles. The maximum absolute atomic E-state index is 10.0. The first-order chi connectivity index (χ1) is 21.5. The Hall–Kier alpha value is -3.31. The predicted molar refractivity (Wildman–Crippen MR) is 198 cm³/mol. The number of ketones is 1. The zero-order valence-corrected chi connectivity index (χ0v) is 33.8. The van der Waals surface area contributed by atoms with E-state index in [1.54, 1.807) is 4.40 Å². The van der Waals surface area contributed by atoms with Crippen LogP contribution in [0.25, 0.3) is 44.3 Å². The van der Waals surface area contributed by atoms with E-state index in [9.17, 15) is 4.79 Å². The first kappa shape index (κ1) is 36.5. The first-order valence-electron chi connectivity index (χ1n) is 16.1. The van der Waals surface area contributed by atoms with Crippen LogP contribution in [-0.4, -0.2) is 29.1 Å². The molecule has 1 aromatic heterocycles. The van der Waals surface area contributed by atoms with Crippen molar-refractivity contribution in [3.63, 3.8) is 0 Å². The summed E-state index contributed by atoms with van der Waals surface area (Å²) in [5.41, 5.74) is 11.2. The van der Waals surface area contributed by atoms with E-state index in [1.165, 1.54) is 64.3 Å². The Balaban J connectivity index is 0.000000565. The number of hydrogen-bond donors (Lipinski definition) is 1. The van der Waals surface area contributed by atoms with Gasteiger partial charge in [0.1, 0.15) is 0 Å². The van der Waals surface area contributed by atoms with Gasteiger partial charge in [0.05, 0.1) is 5.76 Å². The van der Waals surface area contributed by atoms with Gasteiger partial charge in [-0.15, -0.1) is 17.0 Å². The summed E-state index contributed by atoms with van der Waals surface area (Å²) >= 11 is -1.84. The summed E-state index contributed by atoms with van der Waals surface area (Å²) < 4.78 is 1.55. The van der Waals surface area contributed by atoms with E-state index in [0.29, 0.717) is 0 Å². The molecule has 6 rings (SSSR count). The minimum atomic E-state index is -1.84. The van der Waals surface area contributed by atoms with Gasteiger partial charge in [-0.05, 0) is 19.3 Å². The number of aliphatic hydroxyl groups excluding tert-OH is 1. The summed E-state index contributed by atoms with van der Waals surface area (Å²) in [6, 6.07) is 33.3. The monoisotopic (exact) mass is 863 g/mol. The number of benzene rings is 4. The van der Waals surface area contributed by atoms with Gasteiger partial charge in [0.2, 0.25) is 0 Å².